The van der Waals surface area contributed by atoms with Gasteiger partial charge in [0, 0.05) is 25.7 Å². The highest BCUT2D eigenvalue weighted by Crippen LogP contribution is 2.64. The molecule has 1 aliphatic heterocycles. The van der Waals surface area contributed by atoms with Gasteiger partial charge in [0.15, 0.2) is 6.29 Å². The fraction of sp³-hybridized carbons (Fsp3) is 0.913. The van der Waals surface area contributed by atoms with Crippen LogP contribution in [-0.2, 0) is 18.9 Å². The Morgan fingerprint density at radius 3 is 2.93 bits per heavy atom. The fourth-order valence-corrected chi connectivity index (χ4v) is 6.46. The third kappa shape index (κ3) is 4.06. The minimum absolute atomic E-state index is 0.00708. The average molecular weight is 395 g/mol. The molecule has 4 rings (SSSR count). The van der Waals surface area contributed by atoms with Crippen LogP contribution in [0.15, 0.2) is 12.2 Å². The summed E-state index contributed by atoms with van der Waals surface area (Å²) in [6, 6.07) is 0. The third-order valence-electron chi connectivity index (χ3n) is 7.87. The number of unbranched alkanes of at least 4 members (excludes halogenated alkanes) is 1. The Morgan fingerprint density at radius 1 is 1.18 bits per heavy atom. The van der Waals surface area contributed by atoms with E-state index in [0.29, 0.717) is 24.7 Å². The fourth-order valence-electron chi connectivity index (χ4n) is 6.46. The number of allylic oxidation sites excluding steroid dienone is 1. The lowest BCUT2D eigenvalue weighted by atomic mass is 9.56. The van der Waals surface area contributed by atoms with Crippen LogP contribution in [0.5, 0.6) is 0 Å². The van der Waals surface area contributed by atoms with Crippen molar-refractivity contribution in [1.82, 2.24) is 0 Å². The molecule has 6 atom stereocenters. The monoisotopic (exact) mass is 394 g/mol. The molecule has 2 bridgehead atoms. The second-order valence-electron chi connectivity index (χ2n) is 9.39. The van der Waals surface area contributed by atoms with E-state index in [4.69, 9.17) is 18.9 Å². The zero-order valence-corrected chi connectivity index (χ0v) is 17.4. The van der Waals surface area contributed by atoms with Crippen molar-refractivity contribution in [3.05, 3.63) is 12.2 Å². The first-order chi connectivity index (χ1) is 13.7. The van der Waals surface area contributed by atoms with Crippen LogP contribution in [0.4, 0.5) is 0 Å². The van der Waals surface area contributed by atoms with Gasteiger partial charge in [-0.25, -0.2) is 0 Å². The van der Waals surface area contributed by atoms with E-state index >= 15 is 0 Å². The summed E-state index contributed by atoms with van der Waals surface area (Å²) in [5.41, 5.74) is -0.620. The van der Waals surface area contributed by atoms with Gasteiger partial charge in [0.1, 0.15) is 6.79 Å². The van der Waals surface area contributed by atoms with Gasteiger partial charge in [-0.3, -0.25) is 0 Å². The minimum Gasteiger partial charge on any atom is -0.385 e. The summed E-state index contributed by atoms with van der Waals surface area (Å²) in [7, 11) is 1.69. The molecule has 4 aliphatic rings. The Balaban J connectivity index is 1.29. The van der Waals surface area contributed by atoms with Crippen molar-refractivity contribution < 1.29 is 24.1 Å². The summed E-state index contributed by atoms with van der Waals surface area (Å²) in [5.74, 6) is 1.16. The molecule has 5 heteroatoms. The highest BCUT2D eigenvalue weighted by Gasteiger charge is 2.61. The maximum absolute atomic E-state index is 11.7. The predicted molar refractivity (Wildman–Crippen MR) is 107 cm³/mol. The van der Waals surface area contributed by atoms with Crippen molar-refractivity contribution in [1.29, 1.82) is 0 Å². The van der Waals surface area contributed by atoms with Crippen molar-refractivity contribution in [2.45, 2.75) is 88.6 Å². The Kier molecular flexibility index (Phi) is 6.78. The van der Waals surface area contributed by atoms with E-state index in [0.717, 1.165) is 71.0 Å². The molecule has 1 heterocycles. The Bertz CT molecular complexity index is 531. The normalized spacial score (nSPS) is 42.5. The van der Waals surface area contributed by atoms with Crippen LogP contribution >= 0.6 is 0 Å². The summed E-state index contributed by atoms with van der Waals surface area (Å²) in [4.78, 5) is 0. The number of hydrogen-bond donors (Lipinski definition) is 1. The van der Waals surface area contributed by atoms with Gasteiger partial charge < -0.3 is 24.1 Å². The lowest BCUT2D eigenvalue weighted by molar-refractivity contribution is -0.163. The first kappa shape index (κ1) is 20.8. The van der Waals surface area contributed by atoms with Gasteiger partial charge >= 0.3 is 0 Å². The van der Waals surface area contributed by atoms with Crippen molar-refractivity contribution in [3.63, 3.8) is 0 Å². The predicted octanol–water partition coefficient (Wildman–Crippen LogP) is 4.19. The molecule has 1 spiro atoms. The first-order valence-electron chi connectivity index (χ1n) is 11.4. The number of hydrogen-bond acceptors (Lipinski definition) is 5. The van der Waals surface area contributed by atoms with E-state index in [2.05, 4.69) is 12.2 Å². The zero-order chi connectivity index (χ0) is 19.5. The van der Waals surface area contributed by atoms with Crippen LogP contribution in [0.2, 0.25) is 0 Å². The topological polar surface area (TPSA) is 57.2 Å². The second kappa shape index (κ2) is 9.13. The zero-order valence-electron chi connectivity index (χ0n) is 17.4. The van der Waals surface area contributed by atoms with Crippen molar-refractivity contribution in [3.8, 4) is 0 Å². The number of aliphatic hydroxyl groups is 1. The van der Waals surface area contributed by atoms with E-state index in [1.54, 1.807) is 7.11 Å². The SMILES string of the molecule is COCOC1CC[C@]23CC1C[C@@H]2CC=CC3(O)CCCCOC1CCCCO1. The molecule has 0 radical (unpaired) electrons. The van der Waals surface area contributed by atoms with Crippen LogP contribution in [-0.4, -0.2) is 50.2 Å². The Labute approximate surface area is 169 Å². The standard InChI is InChI=1S/C23H38O5/c1-25-17-28-20-9-12-22-16-18(20)15-19(22)7-6-11-23(22,24)10-3-5-14-27-21-8-2-4-13-26-21/h6,11,18-21,24H,2-5,7-10,12-17H2,1H3/t18?,19-,20?,21?,22-,23?/m0/s1. The summed E-state index contributed by atoms with van der Waals surface area (Å²) in [6.45, 7) is 1.94. The van der Waals surface area contributed by atoms with E-state index in [-0.39, 0.29) is 11.7 Å². The molecule has 2 saturated carbocycles. The number of fused-ring (bicyclic) bond motifs is 1. The van der Waals surface area contributed by atoms with Crippen molar-refractivity contribution >= 4 is 0 Å². The largest absolute Gasteiger partial charge is 0.385 e. The minimum atomic E-state index is -0.668. The molecule has 3 fully saturated rings. The van der Waals surface area contributed by atoms with Gasteiger partial charge in [-0.1, -0.05) is 12.2 Å². The van der Waals surface area contributed by atoms with Gasteiger partial charge in [0.2, 0.25) is 0 Å². The van der Waals surface area contributed by atoms with Gasteiger partial charge in [-0.05, 0) is 82.5 Å². The molecule has 0 amide bonds. The molecule has 160 valence electrons. The van der Waals surface area contributed by atoms with Gasteiger partial charge in [0.05, 0.1) is 11.7 Å². The summed E-state index contributed by atoms with van der Waals surface area (Å²) < 4.78 is 22.6. The van der Waals surface area contributed by atoms with Crippen molar-refractivity contribution in [2.75, 3.05) is 27.1 Å². The molecular weight excluding hydrogens is 356 g/mol. The maximum Gasteiger partial charge on any atom is 0.157 e. The van der Waals surface area contributed by atoms with Gasteiger partial charge in [-0.2, -0.15) is 0 Å². The molecule has 4 unspecified atom stereocenters. The lowest BCUT2D eigenvalue weighted by Gasteiger charge is -2.52. The van der Waals surface area contributed by atoms with Crippen LogP contribution in [0.1, 0.15) is 70.6 Å². The van der Waals surface area contributed by atoms with E-state index in [9.17, 15) is 5.11 Å². The van der Waals surface area contributed by atoms with E-state index < -0.39 is 5.60 Å². The maximum atomic E-state index is 11.7. The molecule has 0 aromatic carbocycles. The molecule has 0 aromatic rings. The number of methoxy groups -OCH3 is 1. The van der Waals surface area contributed by atoms with E-state index in [1.807, 2.05) is 0 Å². The highest BCUT2D eigenvalue weighted by atomic mass is 16.7. The molecular formula is C23H38O5. The smallest absolute Gasteiger partial charge is 0.157 e. The Morgan fingerprint density at radius 2 is 2.11 bits per heavy atom. The molecule has 3 aliphatic carbocycles. The van der Waals surface area contributed by atoms with Gasteiger partial charge in [0.25, 0.3) is 0 Å². The summed E-state index contributed by atoms with van der Waals surface area (Å²) >= 11 is 0. The van der Waals surface area contributed by atoms with Gasteiger partial charge in [-0.15, -0.1) is 0 Å². The van der Waals surface area contributed by atoms with Crippen LogP contribution in [0, 0.1) is 17.3 Å². The number of rotatable bonds is 9. The quantitative estimate of drug-likeness (QED) is 0.361. The molecule has 28 heavy (non-hydrogen) atoms. The molecule has 1 N–H and O–H groups in total. The lowest BCUT2D eigenvalue weighted by Crippen LogP contribution is -2.52. The highest BCUT2D eigenvalue weighted by molar-refractivity contribution is 5.22. The van der Waals surface area contributed by atoms with Crippen molar-refractivity contribution in [2.24, 2.45) is 17.3 Å². The summed E-state index contributed by atoms with van der Waals surface area (Å²) in [5, 5.41) is 11.7. The van der Waals surface area contributed by atoms with E-state index in [1.165, 1.54) is 12.8 Å². The molecule has 0 aromatic heterocycles. The second-order valence-corrected chi connectivity index (χ2v) is 9.39. The first-order valence-corrected chi connectivity index (χ1v) is 11.4. The van der Waals surface area contributed by atoms with Crippen LogP contribution in [0.3, 0.4) is 0 Å². The van der Waals surface area contributed by atoms with Crippen LogP contribution < -0.4 is 0 Å². The number of ether oxygens (including phenoxy) is 4. The average Bonchev–Trinajstić information content (AvgIpc) is 3.03. The third-order valence-corrected chi connectivity index (χ3v) is 7.87. The molecule has 1 saturated heterocycles. The van der Waals surface area contributed by atoms with Crippen LogP contribution in [0.25, 0.3) is 0 Å². The molecule has 5 nitrogen and oxygen atoms in total. The summed E-state index contributed by atoms with van der Waals surface area (Å²) in [6.07, 6.45) is 16.3. The Hall–Kier alpha value is -0.460.